The highest BCUT2D eigenvalue weighted by atomic mass is 32.1. The van der Waals surface area contributed by atoms with Crippen LogP contribution in [0.4, 0.5) is 11.4 Å². The van der Waals surface area contributed by atoms with E-state index in [1.165, 1.54) is 0 Å². The molecule has 1 fully saturated rings. The van der Waals surface area contributed by atoms with Crippen molar-refractivity contribution in [3.63, 3.8) is 0 Å². The van der Waals surface area contributed by atoms with Crippen LogP contribution >= 0.6 is 11.3 Å². The van der Waals surface area contributed by atoms with E-state index in [4.69, 9.17) is 4.74 Å². The first-order chi connectivity index (χ1) is 17.3. The van der Waals surface area contributed by atoms with E-state index in [-0.39, 0.29) is 16.5 Å². The highest BCUT2D eigenvalue weighted by molar-refractivity contribution is 7.10. The Morgan fingerprint density at radius 3 is 2.72 bits per heavy atom. The molecule has 0 spiro atoms. The Morgan fingerprint density at radius 1 is 1.28 bits per heavy atom. The van der Waals surface area contributed by atoms with Crippen LogP contribution in [0.25, 0.3) is 17.3 Å². The van der Waals surface area contributed by atoms with Crippen molar-refractivity contribution in [2.45, 2.75) is 39.3 Å². The maximum Gasteiger partial charge on any atom is 0.293 e. The number of anilines is 1. The number of hydrogen-bond donors (Lipinski definition) is 0. The van der Waals surface area contributed by atoms with Gasteiger partial charge in [-0.2, -0.15) is 5.10 Å². The van der Waals surface area contributed by atoms with Crippen molar-refractivity contribution >= 4 is 34.7 Å². The summed E-state index contributed by atoms with van der Waals surface area (Å²) in [6.45, 7) is 8.75. The molecule has 4 heterocycles. The Bertz CT molecular complexity index is 1320. The fourth-order valence-corrected chi connectivity index (χ4v) is 5.48. The van der Waals surface area contributed by atoms with E-state index in [1.807, 2.05) is 47.0 Å². The van der Waals surface area contributed by atoms with Crippen molar-refractivity contribution in [3.05, 3.63) is 62.5 Å². The minimum Gasteiger partial charge on any atom is -0.482 e. The van der Waals surface area contributed by atoms with Crippen molar-refractivity contribution in [2.24, 2.45) is 0 Å². The minimum atomic E-state index is -0.609. The van der Waals surface area contributed by atoms with E-state index in [9.17, 15) is 14.9 Å². The minimum absolute atomic E-state index is 0.0321. The molecule has 0 aliphatic carbocycles. The summed E-state index contributed by atoms with van der Waals surface area (Å²) in [4.78, 5) is 29.2. The smallest absolute Gasteiger partial charge is 0.293 e. The molecule has 9 nitrogen and oxygen atoms in total. The third-order valence-electron chi connectivity index (χ3n) is 6.68. The van der Waals surface area contributed by atoms with Crippen LogP contribution in [0.2, 0.25) is 0 Å². The van der Waals surface area contributed by atoms with Gasteiger partial charge >= 0.3 is 0 Å². The SMILES string of the molecule is CCCn1ncc2c1-c1cc([N+](=O)[O-])c(N3CCN(C(=O)/C=C/c4cccs4)CC3)cc1OC2(C)C. The average Bonchev–Trinajstić information content (AvgIpc) is 3.53. The van der Waals surface area contributed by atoms with Crippen molar-refractivity contribution < 1.29 is 14.5 Å². The van der Waals surface area contributed by atoms with Crippen LogP contribution in [0.1, 0.15) is 37.6 Å². The number of fused-ring (bicyclic) bond motifs is 3. The van der Waals surface area contributed by atoms with Gasteiger partial charge in [-0.05, 0) is 37.8 Å². The monoisotopic (exact) mass is 507 g/mol. The molecule has 1 amide bonds. The normalized spacial score (nSPS) is 16.5. The second-order valence-corrected chi connectivity index (χ2v) is 10.5. The van der Waals surface area contributed by atoms with E-state index in [0.29, 0.717) is 43.2 Å². The third-order valence-corrected chi connectivity index (χ3v) is 7.52. The summed E-state index contributed by atoms with van der Waals surface area (Å²) >= 11 is 1.58. The van der Waals surface area contributed by atoms with Gasteiger partial charge in [-0.15, -0.1) is 11.3 Å². The lowest BCUT2D eigenvalue weighted by atomic mass is 9.91. The van der Waals surface area contributed by atoms with Gasteiger partial charge in [0.15, 0.2) is 0 Å². The number of benzene rings is 1. The van der Waals surface area contributed by atoms with Gasteiger partial charge in [0, 0.05) is 66.9 Å². The molecule has 0 atom stereocenters. The predicted octanol–water partition coefficient (Wildman–Crippen LogP) is 4.92. The number of ether oxygens (including phenoxy) is 1. The molecule has 1 aromatic carbocycles. The van der Waals surface area contributed by atoms with Crippen LogP contribution < -0.4 is 9.64 Å². The van der Waals surface area contributed by atoms with Crippen molar-refractivity contribution in [1.29, 1.82) is 0 Å². The molecule has 0 N–H and O–H groups in total. The number of hydrogen-bond acceptors (Lipinski definition) is 7. The molecule has 10 heteroatoms. The van der Waals surface area contributed by atoms with Gasteiger partial charge in [0.1, 0.15) is 17.0 Å². The number of thiophene rings is 1. The molecule has 2 aliphatic rings. The number of carbonyl (C=O) groups is 1. The molecule has 1 saturated heterocycles. The molecule has 0 saturated carbocycles. The molecule has 36 heavy (non-hydrogen) atoms. The Hall–Kier alpha value is -3.66. The Morgan fingerprint density at radius 2 is 2.06 bits per heavy atom. The summed E-state index contributed by atoms with van der Waals surface area (Å²) < 4.78 is 8.27. The van der Waals surface area contributed by atoms with Crippen LogP contribution in [-0.2, 0) is 16.9 Å². The number of nitro benzene ring substituents is 1. The fraction of sp³-hybridized carbons (Fsp3) is 0.385. The number of aromatic nitrogens is 2. The highest BCUT2D eigenvalue weighted by Gasteiger charge is 2.38. The first-order valence-corrected chi connectivity index (χ1v) is 13.0. The standard InChI is InChI=1S/C26H29N5O4S/c1-4-9-30-25-19-15-22(31(33)34)21(16-23(19)35-26(2,3)20(25)17-27-30)28-10-12-29(13-11-28)24(32)8-7-18-6-5-14-36-18/h5-8,14-17H,4,9-13H2,1-3H3/b8-7+. The van der Waals surface area contributed by atoms with Crippen LogP contribution in [0.5, 0.6) is 5.75 Å². The van der Waals surface area contributed by atoms with Crippen LogP contribution in [0.3, 0.4) is 0 Å². The van der Waals surface area contributed by atoms with E-state index >= 15 is 0 Å². The van der Waals surface area contributed by atoms with Crippen LogP contribution in [-0.4, -0.2) is 51.7 Å². The Balaban J connectivity index is 1.42. The Labute approximate surface area is 213 Å². The number of carbonyl (C=O) groups excluding carboxylic acids is 1. The lowest BCUT2D eigenvalue weighted by molar-refractivity contribution is -0.384. The average molecular weight is 508 g/mol. The zero-order chi connectivity index (χ0) is 25.4. The first-order valence-electron chi connectivity index (χ1n) is 12.1. The first kappa shape index (κ1) is 24.1. The predicted molar refractivity (Wildman–Crippen MR) is 140 cm³/mol. The number of amides is 1. The molecule has 0 bridgehead atoms. The second-order valence-electron chi connectivity index (χ2n) is 9.50. The van der Waals surface area contributed by atoms with Crippen molar-refractivity contribution in [2.75, 3.05) is 31.1 Å². The fourth-order valence-electron chi connectivity index (χ4n) is 4.86. The summed E-state index contributed by atoms with van der Waals surface area (Å²) in [5.74, 6) is 0.563. The summed E-state index contributed by atoms with van der Waals surface area (Å²) in [6, 6.07) is 7.31. The molecular formula is C26H29N5O4S. The molecule has 2 aromatic heterocycles. The lowest BCUT2D eigenvalue weighted by Crippen LogP contribution is -2.48. The van der Waals surface area contributed by atoms with Gasteiger partial charge in [-0.3, -0.25) is 19.6 Å². The maximum absolute atomic E-state index is 12.6. The van der Waals surface area contributed by atoms with E-state index in [0.717, 1.165) is 29.1 Å². The maximum atomic E-state index is 12.6. The summed E-state index contributed by atoms with van der Waals surface area (Å²) in [6.07, 6.45) is 6.12. The lowest BCUT2D eigenvalue weighted by Gasteiger charge is -2.37. The van der Waals surface area contributed by atoms with Crippen LogP contribution in [0.15, 0.2) is 41.9 Å². The quantitative estimate of drug-likeness (QED) is 0.267. The summed E-state index contributed by atoms with van der Waals surface area (Å²) in [5, 5.41) is 18.7. The summed E-state index contributed by atoms with van der Waals surface area (Å²) in [5.41, 5.74) is 2.43. The topological polar surface area (TPSA) is 93.7 Å². The molecule has 2 aliphatic heterocycles. The van der Waals surface area contributed by atoms with Crippen molar-refractivity contribution in [3.8, 4) is 17.0 Å². The summed E-state index contributed by atoms with van der Waals surface area (Å²) in [7, 11) is 0. The third kappa shape index (κ3) is 4.37. The second kappa shape index (κ2) is 9.42. The molecule has 5 rings (SSSR count). The largest absolute Gasteiger partial charge is 0.482 e. The van der Waals surface area contributed by atoms with Gasteiger partial charge < -0.3 is 14.5 Å². The highest BCUT2D eigenvalue weighted by Crippen LogP contribution is 2.49. The van der Waals surface area contributed by atoms with Gasteiger partial charge in [0.25, 0.3) is 5.69 Å². The number of aryl methyl sites for hydroxylation is 1. The number of rotatable bonds is 6. The Kier molecular flexibility index (Phi) is 6.29. The number of piperazine rings is 1. The zero-order valence-electron chi connectivity index (χ0n) is 20.6. The number of nitro groups is 1. The molecule has 0 radical (unpaired) electrons. The molecule has 0 unspecified atom stereocenters. The number of nitrogens with zero attached hydrogens (tertiary/aromatic N) is 5. The van der Waals surface area contributed by atoms with Crippen LogP contribution in [0, 0.1) is 10.1 Å². The van der Waals surface area contributed by atoms with E-state index in [1.54, 1.807) is 40.6 Å². The van der Waals surface area contributed by atoms with Gasteiger partial charge in [-0.25, -0.2) is 0 Å². The zero-order valence-corrected chi connectivity index (χ0v) is 21.5. The van der Waals surface area contributed by atoms with Gasteiger partial charge in [-0.1, -0.05) is 13.0 Å². The molecule has 3 aromatic rings. The molecule has 188 valence electrons. The van der Waals surface area contributed by atoms with Gasteiger partial charge in [0.05, 0.1) is 16.8 Å². The van der Waals surface area contributed by atoms with Crippen molar-refractivity contribution in [1.82, 2.24) is 14.7 Å². The molecular weight excluding hydrogens is 478 g/mol. The van der Waals surface area contributed by atoms with Gasteiger partial charge in [0.2, 0.25) is 5.91 Å². The van der Waals surface area contributed by atoms with E-state index < -0.39 is 5.60 Å². The van der Waals surface area contributed by atoms with E-state index in [2.05, 4.69) is 12.0 Å².